The van der Waals surface area contributed by atoms with Gasteiger partial charge in [-0.25, -0.2) is 9.82 Å². The molecule has 6 heteroatoms. The van der Waals surface area contributed by atoms with E-state index in [9.17, 15) is 14.0 Å². The summed E-state index contributed by atoms with van der Waals surface area (Å²) in [6.45, 7) is 0.0716. The maximum absolute atomic E-state index is 13.7. The van der Waals surface area contributed by atoms with Crippen LogP contribution in [0.4, 0.5) is 4.39 Å². The van der Waals surface area contributed by atoms with Crippen LogP contribution in [-0.4, -0.2) is 24.1 Å². The van der Waals surface area contributed by atoms with Crippen molar-refractivity contribution in [1.82, 2.24) is 10.7 Å². The van der Waals surface area contributed by atoms with Crippen LogP contribution >= 0.6 is 0 Å². The van der Waals surface area contributed by atoms with Gasteiger partial charge < -0.3 is 5.32 Å². The van der Waals surface area contributed by atoms with Crippen molar-refractivity contribution in [2.24, 2.45) is 11.0 Å². The monoisotopic (exact) mass is 339 g/mol. The van der Waals surface area contributed by atoms with E-state index < -0.39 is 11.7 Å². The van der Waals surface area contributed by atoms with Gasteiger partial charge in [-0.2, -0.15) is 5.10 Å². The summed E-state index contributed by atoms with van der Waals surface area (Å²) >= 11 is 0. The molecule has 25 heavy (non-hydrogen) atoms. The van der Waals surface area contributed by atoms with E-state index in [1.165, 1.54) is 18.2 Å². The minimum atomic E-state index is -0.583. The van der Waals surface area contributed by atoms with Gasteiger partial charge in [-0.1, -0.05) is 42.5 Å². The Morgan fingerprint density at radius 3 is 2.40 bits per heavy atom. The van der Waals surface area contributed by atoms with Gasteiger partial charge in [0, 0.05) is 5.92 Å². The summed E-state index contributed by atoms with van der Waals surface area (Å²) in [7, 11) is 0. The average Bonchev–Trinajstić information content (AvgIpc) is 3.47. The van der Waals surface area contributed by atoms with Gasteiger partial charge in [0.25, 0.3) is 5.91 Å². The van der Waals surface area contributed by atoms with Crippen LogP contribution in [0.3, 0.4) is 0 Å². The number of hydrogen-bond acceptors (Lipinski definition) is 3. The van der Waals surface area contributed by atoms with Gasteiger partial charge in [-0.15, -0.1) is 0 Å². The van der Waals surface area contributed by atoms with Crippen molar-refractivity contribution in [1.29, 1.82) is 0 Å². The first kappa shape index (κ1) is 16.8. The van der Waals surface area contributed by atoms with Crippen LogP contribution in [-0.2, 0) is 4.79 Å². The fraction of sp³-hybridized carbons (Fsp3) is 0.211. The lowest BCUT2D eigenvalue weighted by molar-refractivity contribution is -0.122. The highest BCUT2D eigenvalue weighted by Crippen LogP contribution is 2.28. The largest absolute Gasteiger partial charge is 0.346 e. The fourth-order valence-electron chi connectivity index (χ4n) is 2.30. The minimum absolute atomic E-state index is 0.0306. The Morgan fingerprint density at radius 1 is 1.04 bits per heavy atom. The molecule has 0 aromatic heterocycles. The molecule has 0 aliphatic heterocycles. The van der Waals surface area contributed by atoms with Gasteiger partial charge in [-0.3, -0.25) is 9.59 Å². The van der Waals surface area contributed by atoms with Gasteiger partial charge in [-0.05, 0) is 30.5 Å². The summed E-state index contributed by atoms with van der Waals surface area (Å²) in [5.74, 6) is -1.20. The van der Waals surface area contributed by atoms with Crippen LogP contribution in [0.5, 0.6) is 0 Å². The van der Waals surface area contributed by atoms with Crippen molar-refractivity contribution < 1.29 is 14.0 Å². The Hall–Kier alpha value is -3.02. The second kappa shape index (κ2) is 7.70. The lowest BCUT2D eigenvalue weighted by Crippen LogP contribution is -2.32. The summed E-state index contributed by atoms with van der Waals surface area (Å²) < 4.78 is 13.7. The van der Waals surface area contributed by atoms with E-state index in [4.69, 9.17) is 0 Å². The van der Waals surface area contributed by atoms with Crippen molar-refractivity contribution in [3.8, 4) is 0 Å². The lowest BCUT2D eigenvalue weighted by atomic mass is 10.1. The molecule has 1 aliphatic carbocycles. The van der Waals surface area contributed by atoms with Crippen molar-refractivity contribution in [3.63, 3.8) is 0 Å². The molecule has 3 rings (SSSR count). The third-order valence-electron chi connectivity index (χ3n) is 3.89. The third-order valence-corrected chi connectivity index (χ3v) is 3.89. The highest BCUT2D eigenvalue weighted by Gasteiger charge is 2.29. The fourth-order valence-corrected chi connectivity index (χ4v) is 2.30. The molecule has 2 aromatic carbocycles. The van der Waals surface area contributed by atoms with Gasteiger partial charge in [0.15, 0.2) is 0 Å². The molecule has 1 saturated carbocycles. The number of nitrogens with zero attached hydrogens (tertiary/aromatic N) is 1. The van der Waals surface area contributed by atoms with E-state index in [0.717, 1.165) is 18.4 Å². The highest BCUT2D eigenvalue weighted by molar-refractivity contribution is 6.05. The number of hydrazone groups is 1. The van der Waals surface area contributed by atoms with Crippen LogP contribution in [0.1, 0.15) is 28.8 Å². The zero-order valence-electron chi connectivity index (χ0n) is 13.5. The number of amides is 2. The summed E-state index contributed by atoms with van der Waals surface area (Å²) in [5.41, 5.74) is 3.78. The van der Waals surface area contributed by atoms with E-state index in [2.05, 4.69) is 15.8 Å². The number of carbonyl (C=O) groups excluding carboxylic acids is 2. The van der Waals surface area contributed by atoms with Crippen LogP contribution in [0.2, 0.25) is 0 Å². The predicted molar refractivity (Wildman–Crippen MR) is 92.6 cm³/mol. The van der Waals surface area contributed by atoms with Gasteiger partial charge >= 0.3 is 0 Å². The van der Waals surface area contributed by atoms with Crippen molar-refractivity contribution in [3.05, 3.63) is 71.5 Å². The van der Waals surface area contributed by atoms with E-state index in [-0.39, 0.29) is 23.9 Å². The van der Waals surface area contributed by atoms with Crippen LogP contribution in [0.25, 0.3) is 0 Å². The standard InChI is InChI=1S/C19H18FN3O2/c20-16-9-5-4-8-15(16)19(25)21-12-17(13-6-2-1-3-7-13)22-23-18(24)14-10-11-14/h1-9,14H,10-12H2,(H,21,25)(H,23,24)/b22-17+. The van der Waals surface area contributed by atoms with Gasteiger partial charge in [0.1, 0.15) is 5.82 Å². The molecule has 2 amide bonds. The van der Waals surface area contributed by atoms with Crippen molar-refractivity contribution >= 4 is 17.5 Å². The molecule has 0 radical (unpaired) electrons. The molecular weight excluding hydrogens is 321 g/mol. The number of nitrogens with one attached hydrogen (secondary N) is 2. The Labute approximate surface area is 144 Å². The third kappa shape index (κ3) is 4.50. The Bertz CT molecular complexity index is 801. The first-order chi connectivity index (χ1) is 12.1. The van der Waals surface area contributed by atoms with Crippen LogP contribution < -0.4 is 10.7 Å². The van der Waals surface area contributed by atoms with E-state index in [1.54, 1.807) is 6.07 Å². The zero-order chi connectivity index (χ0) is 17.6. The van der Waals surface area contributed by atoms with Gasteiger partial charge in [0.2, 0.25) is 5.91 Å². The molecule has 128 valence electrons. The molecule has 0 bridgehead atoms. The number of halogens is 1. The normalized spacial score (nSPS) is 14.0. The number of benzene rings is 2. The molecule has 0 saturated heterocycles. The second-order valence-corrected chi connectivity index (χ2v) is 5.84. The zero-order valence-corrected chi connectivity index (χ0v) is 13.5. The molecular formula is C19H18FN3O2. The second-order valence-electron chi connectivity index (χ2n) is 5.84. The number of carbonyl (C=O) groups is 2. The molecule has 5 nitrogen and oxygen atoms in total. The Morgan fingerprint density at radius 2 is 1.72 bits per heavy atom. The Kier molecular flexibility index (Phi) is 5.18. The topological polar surface area (TPSA) is 70.6 Å². The average molecular weight is 339 g/mol. The number of rotatable bonds is 6. The van der Waals surface area contributed by atoms with E-state index in [1.807, 2.05) is 30.3 Å². The van der Waals surface area contributed by atoms with E-state index in [0.29, 0.717) is 5.71 Å². The summed E-state index contributed by atoms with van der Waals surface area (Å²) in [6, 6.07) is 15.0. The Balaban J connectivity index is 1.71. The summed E-state index contributed by atoms with van der Waals surface area (Å²) in [5, 5.41) is 6.80. The highest BCUT2D eigenvalue weighted by atomic mass is 19.1. The summed E-state index contributed by atoms with van der Waals surface area (Å²) in [4.78, 5) is 24.0. The van der Waals surface area contributed by atoms with Crippen LogP contribution in [0, 0.1) is 11.7 Å². The first-order valence-corrected chi connectivity index (χ1v) is 8.09. The molecule has 2 N–H and O–H groups in total. The van der Waals surface area contributed by atoms with Crippen LogP contribution in [0.15, 0.2) is 59.7 Å². The predicted octanol–water partition coefficient (Wildman–Crippen LogP) is 2.49. The molecule has 1 fully saturated rings. The molecule has 0 unspecified atom stereocenters. The first-order valence-electron chi connectivity index (χ1n) is 8.09. The van der Waals surface area contributed by atoms with Crippen molar-refractivity contribution in [2.45, 2.75) is 12.8 Å². The molecule has 1 aliphatic rings. The maximum Gasteiger partial charge on any atom is 0.254 e. The minimum Gasteiger partial charge on any atom is -0.346 e. The lowest BCUT2D eigenvalue weighted by Gasteiger charge is -2.10. The smallest absolute Gasteiger partial charge is 0.254 e. The molecule has 2 aromatic rings. The van der Waals surface area contributed by atoms with Crippen molar-refractivity contribution in [2.75, 3.05) is 6.54 Å². The number of hydrogen-bond donors (Lipinski definition) is 2. The maximum atomic E-state index is 13.7. The molecule has 0 atom stereocenters. The quantitative estimate of drug-likeness (QED) is 0.627. The van der Waals surface area contributed by atoms with Gasteiger partial charge in [0.05, 0.1) is 17.8 Å². The molecule has 0 heterocycles. The SMILES string of the molecule is O=C(NC/C(=N\NC(=O)C1CC1)c1ccccc1)c1ccccc1F. The molecule has 0 spiro atoms. The van der Waals surface area contributed by atoms with E-state index >= 15 is 0 Å². The summed E-state index contributed by atoms with van der Waals surface area (Å²) in [6.07, 6.45) is 1.76.